The molecule has 1 heterocycles. The molecule has 29 heavy (non-hydrogen) atoms. The number of likely N-dealkylation sites (tertiary alicyclic amines) is 1. The topological polar surface area (TPSA) is 54.5 Å². The van der Waals surface area contributed by atoms with E-state index >= 15 is 0 Å². The van der Waals surface area contributed by atoms with E-state index in [1.54, 1.807) is 38.1 Å². The molecule has 0 aromatic heterocycles. The number of rotatable bonds is 5. The number of amides is 1. The Bertz CT molecular complexity index is 937. The monoisotopic (exact) mass is 417 g/mol. The molecule has 1 aliphatic heterocycles. The smallest absolute Gasteiger partial charge is 0.227 e. The van der Waals surface area contributed by atoms with Crippen LogP contribution in [0.15, 0.2) is 53.4 Å². The summed E-state index contributed by atoms with van der Waals surface area (Å²) in [5.41, 5.74) is 1.87. The van der Waals surface area contributed by atoms with Crippen LogP contribution in [0.2, 0.25) is 0 Å². The van der Waals surface area contributed by atoms with Crippen LogP contribution in [-0.2, 0) is 21.1 Å². The predicted octanol–water partition coefficient (Wildman–Crippen LogP) is 4.35. The second-order valence-electron chi connectivity index (χ2n) is 8.00. The van der Waals surface area contributed by atoms with E-state index in [4.69, 9.17) is 0 Å². The van der Waals surface area contributed by atoms with E-state index in [0.717, 1.165) is 36.9 Å². The second kappa shape index (κ2) is 9.08. The van der Waals surface area contributed by atoms with E-state index < -0.39 is 15.1 Å². The number of hydrogen-bond acceptors (Lipinski definition) is 3. The molecule has 0 aliphatic carbocycles. The van der Waals surface area contributed by atoms with Gasteiger partial charge in [-0.15, -0.1) is 0 Å². The first-order valence-corrected chi connectivity index (χ1v) is 11.7. The Hall–Kier alpha value is -2.21. The van der Waals surface area contributed by atoms with Gasteiger partial charge in [0.1, 0.15) is 5.82 Å². The number of hydrogen-bond donors (Lipinski definition) is 0. The molecular formula is C23H28FNO3S. The number of halogens is 1. The molecule has 1 atom stereocenters. The van der Waals surface area contributed by atoms with E-state index in [9.17, 15) is 17.6 Å². The van der Waals surface area contributed by atoms with E-state index in [1.165, 1.54) is 12.1 Å². The van der Waals surface area contributed by atoms with Crippen molar-refractivity contribution in [1.82, 2.24) is 4.90 Å². The Morgan fingerprint density at radius 3 is 2.34 bits per heavy atom. The number of benzene rings is 2. The third-order valence-corrected chi connectivity index (χ3v) is 7.76. The van der Waals surface area contributed by atoms with Crippen LogP contribution in [0.1, 0.15) is 50.2 Å². The van der Waals surface area contributed by atoms with E-state index in [-0.39, 0.29) is 29.0 Å². The highest BCUT2D eigenvalue weighted by atomic mass is 32.2. The standard InChI is InChI=1S/C23H28FNO3S/c1-17(2)29(27,28)22-12-6-18(7-13-22)15-23(26)25-14-4-3-5-20(16-25)19-8-10-21(24)11-9-19/h6-13,17,20H,3-5,14-16H2,1-2H3/t20-/m1/s1. The van der Waals surface area contributed by atoms with Crippen molar-refractivity contribution in [1.29, 1.82) is 0 Å². The molecular weight excluding hydrogens is 389 g/mol. The molecule has 1 saturated heterocycles. The summed E-state index contributed by atoms with van der Waals surface area (Å²) in [5.74, 6) is -0.00248. The molecule has 2 aromatic rings. The Morgan fingerprint density at radius 2 is 1.72 bits per heavy atom. The van der Waals surface area contributed by atoms with Gasteiger partial charge in [-0.05, 0) is 62.1 Å². The molecule has 0 unspecified atom stereocenters. The molecule has 1 aliphatic rings. The minimum absolute atomic E-state index is 0.0403. The van der Waals surface area contributed by atoms with E-state index in [0.29, 0.717) is 6.54 Å². The van der Waals surface area contributed by atoms with Gasteiger partial charge in [0.2, 0.25) is 5.91 Å². The second-order valence-corrected chi connectivity index (χ2v) is 10.5. The number of carbonyl (C=O) groups is 1. The summed E-state index contributed by atoms with van der Waals surface area (Å²) in [6, 6.07) is 13.2. The molecule has 4 nitrogen and oxygen atoms in total. The van der Waals surface area contributed by atoms with Crippen molar-refractivity contribution in [3.05, 3.63) is 65.5 Å². The average molecular weight is 418 g/mol. The largest absolute Gasteiger partial charge is 0.342 e. The van der Waals surface area contributed by atoms with Gasteiger partial charge in [0.15, 0.2) is 9.84 Å². The van der Waals surface area contributed by atoms with Crippen molar-refractivity contribution in [2.75, 3.05) is 13.1 Å². The van der Waals surface area contributed by atoms with Gasteiger partial charge in [-0.2, -0.15) is 0 Å². The Labute approximate surface area is 172 Å². The van der Waals surface area contributed by atoms with Crippen LogP contribution in [0.3, 0.4) is 0 Å². The Kier molecular flexibility index (Phi) is 6.73. The first-order chi connectivity index (χ1) is 13.8. The van der Waals surface area contributed by atoms with Crippen LogP contribution in [-0.4, -0.2) is 37.6 Å². The van der Waals surface area contributed by atoms with Gasteiger partial charge < -0.3 is 4.90 Å². The molecule has 0 bridgehead atoms. The van der Waals surface area contributed by atoms with Gasteiger partial charge in [0, 0.05) is 19.0 Å². The summed E-state index contributed by atoms with van der Waals surface area (Å²) < 4.78 is 37.7. The Balaban J connectivity index is 1.68. The van der Waals surface area contributed by atoms with Gasteiger partial charge in [-0.1, -0.05) is 30.7 Å². The number of sulfone groups is 1. The molecule has 1 fully saturated rings. The van der Waals surface area contributed by atoms with Crippen LogP contribution in [0, 0.1) is 5.82 Å². The van der Waals surface area contributed by atoms with Crippen LogP contribution in [0.4, 0.5) is 4.39 Å². The molecule has 3 rings (SSSR count). The van der Waals surface area contributed by atoms with Gasteiger partial charge in [-0.25, -0.2) is 12.8 Å². The number of carbonyl (C=O) groups excluding carboxylic acids is 1. The first kappa shape index (κ1) is 21.5. The normalized spacial score (nSPS) is 17.9. The van der Waals surface area contributed by atoms with Crippen molar-refractivity contribution in [2.45, 2.75) is 55.6 Å². The highest BCUT2D eigenvalue weighted by molar-refractivity contribution is 7.92. The summed E-state index contributed by atoms with van der Waals surface area (Å²) in [4.78, 5) is 15.1. The average Bonchev–Trinajstić information content (AvgIpc) is 2.95. The highest BCUT2D eigenvalue weighted by Gasteiger charge is 2.24. The summed E-state index contributed by atoms with van der Waals surface area (Å²) in [6.45, 7) is 4.66. The SMILES string of the molecule is CC(C)S(=O)(=O)c1ccc(CC(=O)N2CCCC[C@@H](c3ccc(F)cc3)C2)cc1. The zero-order chi connectivity index (χ0) is 21.0. The van der Waals surface area contributed by atoms with Gasteiger partial charge in [-0.3, -0.25) is 4.79 Å². The van der Waals surface area contributed by atoms with Crippen molar-refractivity contribution >= 4 is 15.7 Å². The first-order valence-electron chi connectivity index (χ1n) is 10.1. The van der Waals surface area contributed by atoms with Crippen LogP contribution >= 0.6 is 0 Å². The molecule has 0 saturated carbocycles. The predicted molar refractivity (Wildman–Crippen MR) is 112 cm³/mol. The van der Waals surface area contributed by atoms with E-state index in [2.05, 4.69) is 0 Å². The highest BCUT2D eigenvalue weighted by Crippen LogP contribution is 2.27. The fourth-order valence-corrected chi connectivity index (χ4v) is 4.79. The maximum Gasteiger partial charge on any atom is 0.227 e. The third-order valence-electron chi connectivity index (χ3n) is 5.59. The molecule has 1 amide bonds. The zero-order valence-electron chi connectivity index (χ0n) is 17.0. The molecule has 6 heteroatoms. The van der Waals surface area contributed by atoms with Crippen molar-refractivity contribution in [3.8, 4) is 0 Å². The summed E-state index contributed by atoms with van der Waals surface area (Å²) in [5, 5.41) is -0.476. The quantitative estimate of drug-likeness (QED) is 0.727. The summed E-state index contributed by atoms with van der Waals surface area (Å²) in [6.07, 6.45) is 3.22. The number of nitrogens with zero attached hydrogens (tertiary/aromatic N) is 1. The lowest BCUT2D eigenvalue weighted by atomic mass is 9.94. The molecule has 0 spiro atoms. The third kappa shape index (κ3) is 5.24. The summed E-state index contributed by atoms with van der Waals surface area (Å²) >= 11 is 0. The lowest BCUT2D eigenvalue weighted by molar-refractivity contribution is -0.130. The van der Waals surface area contributed by atoms with Crippen LogP contribution in [0.25, 0.3) is 0 Å². The van der Waals surface area contributed by atoms with Crippen LogP contribution < -0.4 is 0 Å². The van der Waals surface area contributed by atoms with Gasteiger partial charge in [0.25, 0.3) is 0 Å². The molecule has 0 N–H and O–H groups in total. The molecule has 2 aromatic carbocycles. The Morgan fingerprint density at radius 1 is 1.07 bits per heavy atom. The minimum Gasteiger partial charge on any atom is -0.342 e. The zero-order valence-corrected chi connectivity index (χ0v) is 17.8. The maximum absolute atomic E-state index is 13.2. The molecule has 0 radical (unpaired) electrons. The lowest BCUT2D eigenvalue weighted by Crippen LogP contribution is -2.35. The van der Waals surface area contributed by atoms with Crippen molar-refractivity contribution in [3.63, 3.8) is 0 Å². The van der Waals surface area contributed by atoms with Gasteiger partial charge >= 0.3 is 0 Å². The maximum atomic E-state index is 13.2. The van der Waals surface area contributed by atoms with Crippen molar-refractivity contribution < 1.29 is 17.6 Å². The van der Waals surface area contributed by atoms with E-state index in [1.807, 2.05) is 17.0 Å². The van der Waals surface area contributed by atoms with Gasteiger partial charge in [0.05, 0.1) is 16.6 Å². The van der Waals surface area contributed by atoms with Crippen LogP contribution in [0.5, 0.6) is 0 Å². The minimum atomic E-state index is -3.31. The lowest BCUT2D eigenvalue weighted by Gasteiger charge is -2.25. The molecule has 156 valence electrons. The fraction of sp³-hybridized carbons (Fsp3) is 0.435. The fourth-order valence-electron chi connectivity index (χ4n) is 3.73. The van der Waals surface area contributed by atoms with Crippen molar-refractivity contribution in [2.24, 2.45) is 0 Å². The summed E-state index contributed by atoms with van der Waals surface area (Å²) in [7, 11) is -3.31.